The summed E-state index contributed by atoms with van der Waals surface area (Å²) in [5.74, 6) is 1.29. The van der Waals surface area contributed by atoms with Crippen molar-refractivity contribution < 1.29 is 14.3 Å². The van der Waals surface area contributed by atoms with Gasteiger partial charge in [0, 0.05) is 27.3 Å². The van der Waals surface area contributed by atoms with Gasteiger partial charge in [0.05, 0.1) is 5.38 Å². The molecule has 1 amide bonds. The number of nitriles is 1. The van der Waals surface area contributed by atoms with Gasteiger partial charge in [-0.05, 0) is 59.9 Å². The molecule has 0 saturated carbocycles. The van der Waals surface area contributed by atoms with Crippen molar-refractivity contribution in [2.45, 2.75) is 24.8 Å². The van der Waals surface area contributed by atoms with Crippen molar-refractivity contribution in [1.82, 2.24) is 9.88 Å². The van der Waals surface area contributed by atoms with Gasteiger partial charge in [-0.15, -0.1) is 11.6 Å². The molecule has 3 unspecified atom stereocenters. The van der Waals surface area contributed by atoms with Gasteiger partial charge >= 0.3 is 6.09 Å². The number of nitrogens with one attached hydrogen (secondary N) is 1. The molecule has 0 radical (unpaired) electrons. The Morgan fingerprint density at radius 1 is 1.17 bits per heavy atom. The first-order valence-electron chi connectivity index (χ1n) is 11.4. The summed E-state index contributed by atoms with van der Waals surface area (Å²) in [6.07, 6.45) is 4.55. The molecule has 3 atom stereocenters. The Balaban J connectivity index is 1.55. The van der Waals surface area contributed by atoms with Crippen LogP contribution in [0.3, 0.4) is 0 Å². The van der Waals surface area contributed by atoms with Crippen LogP contribution in [0.2, 0.25) is 0 Å². The van der Waals surface area contributed by atoms with E-state index in [4.69, 9.17) is 26.3 Å². The van der Waals surface area contributed by atoms with Gasteiger partial charge < -0.3 is 14.5 Å². The van der Waals surface area contributed by atoms with Crippen molar-refractivity contribution in [3.05, 3.63) is 80.4 Å². The lowest BCUT2D eigenvalue weighted by atomic mass is 9.92. The zero-order valence-electron chi connectivity index (χ0n) is 19.0. The SMILES string of the molecule is CC1C=c2[nH]c3c(c2=CC1Cl)CCN(C(=O)Oc1ccc(Br)cc1)C3c1ccc(OCC#N)cc1. The number of amides is 1. The highest BCUT2D eigenvalue weighted by atomic mass is 79.9. The fourth-order valence-corrected chi connectivity index (χ4v) is 5.13. The maximum atomic E-state index is 13.4. The number of halogens is 2. The molecule has 0 bridgehead atoms. The van der Waals surface area contributed by atoms with Crippen LogP contribution in [0.25, 0.3) is 12.2 Å². The van der Waals surface area contributed by atoms with Crippen LogP contribution in [0.4, 0.5) is 4.79 Å². The number of fused-ring (bicyclic) bond motifs is 3. The molecule has 3 aromatic rings. The number of hydrogen-bond donors (Lipinski definition) is 1. The van der Waals surface area contributed by atoms with E-state index in [1.54, 1.807) is 17.0 Å². The molecular weight excluding hydrogens is 530 g/mol. The van der Waals surface area contributed by atoms with Crippen LogP contribution in [-0.2, 0) is 6.42 Å². The molecule has 2 aromatic carbocycles. The van der Waals surface area contributed by atoms with E-state index in [2.05, 4.69) is 40.0 Å². The first kappa shape index (κ1) is 23.5. The van der Waals surface area contributed by atoms with Crippen LogP contribution in [0.1, 0.15) is 29.8 Å². The predicted octanol–water partition coefficient (Wildman–Crippen LogP) is 4.64. The first-order chi connectivity index (χ1) is 16.9. The molecule has 6 nitrogen and oxygen atoms in total. The third kappa shape index (κ3) is 4.69. The second-order valence-electron chi connectivity index (χ2n) is 8.67. The van der Waals surface area contributed by atoms with E-state index < -0.39 is 6.09 Å². The number of aromatic amines is 1. The normalized spacial score (nSPS) is 20.5. The summed E-state index contributed by atoms with van der Waals surface area (Å²) < 4.78 is 12.1. The third-order valence-electron chi connectivity index (χ3n) is 6.41. The van der Waals surface area contributed by atoms with E-state index >= 15 is 0 Å². The predicted molar refractivity (Wildman–Crippen MR) is 138 cm³/mol. The van der Waals surface area contributed by atoms with Gasteiger partial charge in [0.25, 0.3) is 0 Å². The van der Waals surface area contributed by atoms with E-state index in [0.29, 0.717) is 24.5 Å². The quantitative estimate of drug-likeness (QED) is 0.478. The molecule has 1 aromatic heterocycles. The fraction of sp³-hybridized carbons (Fsp3) is 0.259. The van der Waals surface area contributed by atoms with E-state index in [-0.39, 0.29) is 23.9 Å². The number of nitrogens with zero attached hydrogens (tertiary/aromatic N) is 2. The van der Waals surface area contributed by atoms with Crippen LogP contribution in [0, 0.1) is 17.2 Å². The molecule has 2 heterocycles. The van der Waals surface area contributed by atoms with Gasteiger partial charge in [0.15, 0.2) is 6.61 Å². The maximum Gasteiger partial charge on any atom is 0.416 e. The Morgan fingerprint density at radius 2 is 1.89 bits per heavy atom. The summed E-state index contributed by atoms with van der Waals surface area (Å²) in [5, 5.41) is 10.9. The first-order valence-corrected chi connectivity index (χ1v) is 12.6. The lowest BCUT2D eigenvalue weighted by molar-refractivity contribution is 0.135. The number of hydrogen-bond acceptors (Lipinski definition) is 4. The number of rotatable bonds is 4. The molecule has 35 heavy (non-hydrogen) atoms. The minimum absolute atomic E-state index is 0.0225. The Hall–Kier alpha value is -3.21. The average Bonchev–Trinajstić information content (AvgIpc) is 3.21. The Bertz CT molecular complexity index is 1410. The number of benzene rings is 2. The summed E-state index contributed by atoms with van der Waals surface area (Å²) in [6.45, 7) is 2.57. The lowest BCUT2D eigenvalue weighted by Gasteiger charge is -2.35. The molecule has 2 aliphatic rings. The number of ether oxygens (including phenoxy) is 2. The van der Waals surface area contributed by atoms with Crippen molar-refractivity contribution in [2.24, 2.45) is 5.92 Å². The zero-order chi connectivity index (χ0) is 24.5. The highest BCUT2D eigenvalue weighted by molar-refractivity contribution is 9.10. The van der Waals surface area contributed by atoms with Crippen molar-refractivity contribution in [2.75, 3.05) is 13.2 Å². The Kier molecular flexibility index (Phi) is 6.59. The fourth-order valence-electron chi connectivity index (χ4n) is 4.67. The van der Waals surface area contributed by atoms with Crippen LogP contribution in [0.15, 0.2) is 53.0 Å². The van der Waals surface area contributed by atoms with E-state index in [9.17, 15) is 4.79 Å². The number of alkyl halides is 1. The van der Waals surface area contributed by atoms with Gasteiger partial charge in [-0.2, -0.15) is 5.26 Å². The van der Waals surface area contributed by atoms with Crippen molar-refractivity contribution in [1.29, 1.82) is 5.26 Å². The summed E-state index contributed by atoms with van der Waals surface area (Å²) in [5.41, 5.74) is 3.05. The van der Waals surface area contributed by atoms with Gasteiger partial charge in [-0.1, -0.05) is 47.1 Å². The largest absolute Gasteiger partial charge is 0.479 e. The molecule has 0 saturated heterocycles. The Morgan fingerprint density at radius 3 is 2.60 bits per heavy atom. The van der Waals surface area contributed by atoms with Crippen molar-refractivity contribution in [3.8, 4) is 17.6 Å². The summed E-state index contributed by atoms with van der Waals surface area (Å²) in [4.78, 5) is 18.7. The van der Waals surface area contributed by atoms with Gasteiger partial charge in [0.2, 0.25) is 0 Å². The second-order valence-corrected chi connectivity index (χ2v) is 10.1. The van der Waals surface area contributed by atoms with E-state index in [1.165, 1.54) is 5.56 Å². The van der Waals surface area contributed by atoms with E-state index in [1.807, 2.05) is 42.5 Å². The third-order valence-corrected chi connectivity index (χ3v) is 7.46. The standard InChI is InChI=1S/C27H23BrClN3O3/c1-16-14-24-22(15-23(16)29)21-10-12-32(27(33)35-20-8-4-18(28)5-9-20)26(25(21)31-24)17-2-6-19(7-3-17)34-13-11-30/h2-9,14-16,23,26,31H,10,12-13H2,1H3. The number of aromatic nitrogens is 1. The average molecular weight is 553 g/mol. The summed E-state index contributed by atoms with van der Waals surface area (Å²) in [6, 6.07) is 16.3. The van der Waals surface area contributed by atoms with Gasteiger partial charge in [-0.25, -0.2) is 4.79 Å². The van der Waals surface area contributed by atoms with Crippen LogP contribution < -0.4 is 20.0 Å². The number of carbonyl (C=O) groups is 1. The molecule has 1 aliphatic heterocycles. The van der Waals surface area contributed by atoms with Crippen LogP contribution in [-0.4, -0.2) is 34.5 Å². The minimum Gasteiger partial charge on any atom is -0.479 e. The highest BCUT2D eigenvalue weighted by Crippen LogP contribution is 2.34. The van der Waals surface area contributed by atoms with E-state index in [0.717, 1.165) is 26.3 Å². The highest BCUT2D eigenvalue weighted by Gasteiger charge is 2.36. The van der Waals surface area contributed by atoms with Crippen LogP contribution >= 0.6 is 27.5 Å². The minimum atomic E-state index is -0.420. The summed E-state index contributed by atoms with van der Waals surface area (Å²) in [7, 11) is 0. The Labute approximate surface area is 216 Å². The molecule has 1 aliphatic carbocycles. The topological polar surface area (TPSA) is 78.3 Å². The molecule has 1 N–H and O–H groups in total. The molecule has 5 rings (SSSR count). The zero-order valence-corrected chi connectivity index (χ0v) is 21.3. The van der Waals surface area contributed by atoms with Crippen LogP contribution in [0.5, 0.6) is 11.5 Å². The molecule has 8 heteroatoms. The van der Waals surface area contributed by atoms with Gasteiger partial charge in [-0.3, -0.25) is 4.90 Å². The smallest absolute Gasteiger partial charge is 0.416 e. The second kappa shape index (κ2) is 9.80. The lowest BCUT2D eigenvalue weighted by Crippen LogP contribution is -2.43. The van der Waals surface area contributed by atoms with Crippen molar-refractivity contribution in [3.63, 3.8) is 0 Å². The maximum absolute atomic E-state index is 13.4. The molecule has 0 fully saturated rings. The molecule has 0 spiro atoms. The molecular formula is C27H23BrClN3O3. The van der Waals surface area contributed by atoms with Gasteiger partial charge in [0.1, 0.15) is 23.6 Å². The number of carbonyl (C=O) groups excluding carboxylic acids is 1. The van der Waals surface area contributed by atoms with Crippen molar-refractivity contribution >= 4 is 45.8 Å². The number of H-pyrrole nitrogens is 1. The molecule has 178 valence electrons. The monoisotopic (exact) mass is 551 g/mol. The summed E-state index contributed by atoms with van der Waals surface area (Å²) >= 11 is 9.97.